The number of nitrogen functional groups attached to an aromatic ring is 1. The highest BCUT2D eigenvalue weighted by atomic mass is 16.3. The third-order valence-electron chi connectivity index (χ3n) is 2.78. The topological polar surface area (TPSA) is 75.3 Å². The van der Waals surface area contributed by atoms with Crippen molar-refractivity contribution in [3.63, 3.8) is 0 Å². The predicted octanol–water partition coefficient (Wildman–Crippen LogP) is 2.29. The zero-order chi connectivity index (χ0) is 13.7. The second-order valence-corrected chi connectivity index (χ2v) is 5.01. The number of aliphatic hydroxyl groups is 1. The van der Waals surface area contributed by atoms with E-state index in [9.17, 15) is 9.90 Å². The molecule has 18 heavy (non-hydrogen) atoms. The molecule has 0 saturated carbocycles. The standard InChI is InChI=1S/C14H22N2O2/c1-9(2)6-12(8-17)16-11-4-5-13(10(3)18)14(15)7-11/h4-5,7,9,12,16-17H,6,8,15H2,1-3H3. The molecule has 0 aromatic heterocycles. The highest BCUT2D eigenvalue weighted by Gasteiger charge is 2.11. The summed E-state index contributed by atoms with van der Waals surface area (Å²) in [7, 11) is 0. The fourth-order valence-corrected chi connectivity index (χ4v) is 1.96. The predicted molar refractivity (Wildman–Crippen MR) is 74.8 cm³/mol. The Morgan fingerprint density at radius 1 is 1.44 bits per heavy atom. The van der Waals surface area contributed by atoms with Crippen molar-refractivity contribution < 1.29 is 9.90 Å². The van der Waals surface area contributed by atoms with Gasteiger partial charge in [0.05, 0.1) is 6.61 Å². The molecule has 4 nitrogen and oxygen atoms in total. The third kappa shape index (κ3) is 4.04. The first-order valence-corrected chi connectivity index (χ1v) is 6.22. The van der Waals surface area contributed by atoms with Crippen LogP contribution in [0.2, 0.25) is 0 Å². The van der Waals surface area contributed by atoms with Crippen molar-refractivity contribution in [1.29, 1.82) is 0 Å². The van der Waals surface area contributed by atoms with E-state index in [1.54, 1.807) is 12.1 Å². The fraction of sp³-hybridized carbons (Fsp3) is 0.500. The Morgan fingerprint density at radius 2 is 2.11 bits per heavy atom. The highest BCUT2D eigenvalue weighted by Crippen LogP contribution is 2.20. The number of nitrogens with two attached hydrogens (primary N) is 1. The van der Waals surface area contributed by atoms with Crippen LogP contribution in [-0.2, 0) is 0 Å². The molecule has 100 valence electrons. The van der Waals surface area contributed by atoms with Crippen LogP contribution < -0.4 is 11.1 Å². The summed E-state index contributed by atoms with van der Waals surface area (Å²) in [4.78, 5) is 11.3. The monoisotopic (exact) mass is 250 g/mol. The maximum atomic E-state index is 11.3. The minimum Gasteiger partial charge on any atom is -0.398 e. The summed E-state index contributed by atoms with van der Waals surface area (Å²) in [6.45, 7) is 5.79. The number of hydrogen-bond acceptors (Lipinski definition) is 4. The highest BCUT2D eigenvalue weighted by molar-refractivity contribution is 5.99. The van der Waals surface area contributed by atoms with Gasteiger partial charge >= 0.3 is 0 Å². The zero-order valence-corrected chi connectivity index (χ0v) is 11.2. The number of benzene rings is 1. The summed E-state index contributed by atoms with van der Waals surface area (Å²) >= 11 is 0. The molecule has 0 amide bonds. The lowest BCUT2D eigenvalue weighted by Crippen LogP contribution is -2.25. The van der Waals surface area contributed by atoms with E-state index in [0.29, 0.717) is 17.2 Å². The molecule has 0 aliphatic rings. The number of Topliss-reactive ketones (excluding diaryl/α,β-unsaturated/α-hetero) is 1. The number of carbonyl (C=O) groups is 1. The van der Waals surface area contributed by atoms with Gasteiger partial charge in [0.1, 0.15) is 0 Å². The number of rotatable bonds is 6. The third-order valence-corrected chi connectivity index (χ3v) is 2.78. The van der Waals surface area contributed by atoms with Gasteiger partial charge in [0.25, 0.3) is 0 Å². The molecule has 0 spiro atoms. The molecule has 4 heteroatoms. The Labute approximate surface area is 108 Å². The summed E-state index contributed by atoms with van der Waals surface area (Å²) in [5.74, 6) is 0.462. The Morgan fingerprint density at radius 3 is 2.56 bits per heavy atom. The Hall–Kier alpha value is -1.55. The van der Waals surface area contributed by atoms with E-state index in [-0.39, 0.29) is 18.4 Å². The minimum atomic E-state index is -0.0417. The van der Waals surface area contributed by atoms with E-state index >= 15 is 0 Å². The molecule has 4 N–H and O–H groups in total. The first-order valence-electron chi connectivity index (χ1n) is 6.22. The first-order chi connectivity index (χ1) is 8.43. The lowest BCUT2D eigenvalue weighted by Gasteiger charge is -2.20. The number of hydrogen-bond donors (Lipinski definition) is 3. The summed E-state index contributed by atoms with van der Waals surface area (Å²) in [6, 6.07) is 5.27. The summed E-state index contributed by atoms with van der Waals surface area (Å²) in [6.07, 6.45) is 0.880. The maximum Gasteiger partial charge on any atom is 0.161 e. The van der Waals surface area contributed by atoms with Crippen LogP contribution in [0.1, 0.15) is 37.6 Å². The number of carbonyl (C=O) groups excluding carboxylic acids is 1. The first kappa shape index (κ1) is 14.5. The van der Waals surface area contributed by atoms with Gasteiger partial charge in [-0.3, -0.25) is 4.79 Å². The molecule has 0 aliphatic carbocycles. The molecule has 1 aromatic carbocycles. The molecule has 0 saturated heterocycles. The average Bonchev–Trinajstić information content (AvgIpc) is 2.27. The Bertz CT molecular complexity index is 416. The van der Waals surface area contributed by atoms with Crippen LogP contribution in [0.15, 0.2) is 18.2 Å². The van der Waals surface area contributed by atoms with Gasteiger partial charge in [0.2, 0.25) is 0 Å². The van der Waals surface area contributed by atoms with Gasteiger partial charge < -0.3 is 16.2 Å². The van der Waals surface area contributed by atoms with Gasteiger partial charge in [-0.1, -0.05) is 13.8 Å². The van der Waals surface area contributed by atoms with Crippen LogP contribution in [-0.4, -0.2) is 23.5 Å². The van der Waals surface area contributed by atoms with Crippen molar-refractivity contribution >= 4 is 17.2 Å². The van der Waals surface area contributed by atoms with Gasteiger partial charge in [-0.2, -0.15) is 0 Å². The quantitative estimate of drug-likeness (QED) is 0.535. The molecule has 1 unspecified atom stereocenters. The molecule has 1 aromatic rings. The van der Waals surface area contributed by atoms with Crippen LogP contribution in [0.4, 0.5) is 11.4 Å². The summed E-state index contributed by atoms with van der Waals surface area (Å²) in [5, 5.41) is 12.5. The normalized spacial score (nSPS) is 12.5. The van der Waals surface area contributed by atoms with Crippen molar-refractivity contribution in [2.45, 2.75) is 33.2 Å². The van der Waals surface area contributed by atoms with Gasteiger partial charge in [-0.05, 0) is 37.5 Å². The van der Waals surface area contributed by atoms with E-state index in [0.717, 1.165) is 12.1 Å². The van der Waals surface area contributed by atoms with Crippen LogP contribution in [0.25, 0.3) is 0 Å². The molecular weight excluding hydrogens is 228 g/mol. The molecule has 0 fully saturated rings. The molecule has 0 aliphatic heterocycles. The minimum absolute atomic E-state index is 0.00702. The maximum absolute atomic E-state index is 11.3. The van der Waals surface area contributed by atoms with Crippen molar-refractivity contribution in [3.8, 4) is 0 Å². The molecule has 0 bridgehead atoms. The SMILES string of the molecule is CC(=O)c1ccc(NC(CO)CC(C)C)cc1N. The van der Waals surface area contributed by atoms with Gasteiger partial charge in [0, 0.05) is 23.0 Å². The Balaban J connectivity index is 2.78. The Kier molecular flexibility index (Phi) is 5.16. The number of nitrogens with one attached hydrogen (secondary N) is 1. The lowest BCUT2D eigenvalue weighted by atomic mass is 10.0. The molecule has 0 heterocycles. The molecule has 1 atom stereocenters. The van der Waals surface area contributed by atoms with Crippen LogP contribution >= 0.6 is 0 Å². The van der Waals surface area contributed by atoms with E-state index in [2.05, 4.69) is 19.2 Å². The average molecular weight is 250 g/mol. The van der Waals surface area contributed by atoms with Crippen molar-refractivity contribution in [3.05, 3.63) is 23.8 Å². The number of aliphatic hydroxyl groups excluding tert-OH is 1. The summed E-state index contributed by atoms with van der Waals surface area (Å²) < 4.78 is 0. The molecular formula is C14H22N2O2. The fourth-order valence-electron chi connectivity index (χ4n) is 1.96. The second kappa shape index (κ2) is 6.40. The van der Waals surface area contributed by atoms with Gasteiger partial charge in [-0.15, -0.1) is 0 Å². The van der Waals surface area contributed by atoms with Crippen LogP contribution in [0.3, 0.4) is 0 Å². The van der Waals surface area contributed by atoms with Gasteiger partial charge in [-0.25, -0.2) is 0 Å². The molecule has 0 radical (unpaired) electrons. The van der Waals surface area contributed by atoms with E-state index < -0.39 is 0 Å². The van der Waals surface area contributed by atoms with Gasteiger partial charge in [0.15, 0.2) is 5.78 Å². The van der Waals surface area contributed by atoms with E-state index in [1.807, 2.05) is 6.07 Å². The van der Waals surface area contributed by atoms with Crippen molar-refractivity contribution in [1.82, 2.24) is 0 Å². The molecule has 1 rings (SSSR count). The second-order valence-electron chi connectivity index (χ2n) is 5.01. The van der Waals surface area contributed by atoms with Crippen LogP contribution in [0, 0.1) is 5.92 Å². The largest absolute Gasteiger partial charge is 0.398 e. The smallest absolute Gasteiger partial charge is 0.161 e. The van der Waals surface area contributed by atoms with E-state index in [4.69, 9.17) is 5.73 Å². The van der Waals surface area contributed by atoms with E-state index in [1.165, 1.54) is 6.92 Å². The number of ketones is 1. The lowest BCUT2D eigenvalue weighted by molar-refractivity contribution is 0.101. The summed E-state index contributed by atoms with van der Waals surface area (Å²) in [5.41, 5.74) is 7.65. The van der Waals surface area contributed by atoms with Crippen molar-refractivity contribution in [2.75, 3.05) is 17.7 Å². The zero-order valence-electron chi connectivity index (χ0n) is 11.2. The van der Waals surface area contributed by atoms with Crippen LogP contribution in [0.5, 0.6) is 0 Å². The van der Waals surface area contributed by atoms with Crippen molar-refractivity contribution in [2.24, 2.45) is 5.92 Å². The number of anilines is 2.